The molecule has 1 amide bonds. The van der Waals surface area contributed by atoms with E-state index in [1.54, 1.807) is 42.6 Å². The smallest absolute Gasteiger partial charge is 0.259 e. The van der Waals surface area contributed by atoms with Crippen molar-refractivity contribution in [2.75, 3.05) is 27.4 Å². The van der Waals surface area contributed by atoms with Crippen molar-refractivity contribution in [3.63, 3.8) is 0 Å². The molecule has 8 N–H and O–H groups in total. The van der Waals surface area contributed by atoms with Crippen LogP contribution >= 0.6 is 0 Å². The first-order valence-electron chi connectivity index (χ1n) is 11.7. The quantitative estimate of drug-likeness (QED) is 0.149. The van der Waals surface area contributed by atoms with E-state index < -0.39 is 5.91 Å². The molecule has 192 valence electrons. The minimum Gasteiger partial charge on any atom is -0.505 e. The van der Waals surface area contributed by atoms with Gasteiger partial charge in [0.15, 0.2) is 11.6 Å². The van der Waals surface area contributed by atoms with Crippen LogP contribution in [0, 0.1) is 11.3 Å². The van der Waals surface area contributed by atoms with E-state index in [1.165, 1.54) is 10.9 Å². The van der Waals surface area contributed by atoms with E-state index in [0.717, 1.165) is 16.8 Å². The van der Waals surface area contributed by atoms with Gasteiger partial charge in [-0.25, -0.2) is 4.98 Å². The van der Waals surface area contributed by atoms with Gasteiger partial charge < -0.3 is 32.5 Å². The monoisotopic (exact) mass is 517 g/mol. The number of carbonyl (C=O) groups excluding carboxylic acids is 1. The largest absolute Gasteiger partial charge is 0.505 e. The summed E-state index contributed by atoms with van der Waals surface area (Å²) in [5.41, 5.74) is 14.7. The lowest BCUT2D eigenvalue weighted by molar-refractivity contribution is 0.102. The fourth-order valence-corrected chi connectivity index (χ4v) is 4.03. The number of phenolic OH excluding ortho intramolecular Hbond substituents is 1. The van der Waals surface area contributed by atoms with Gasteiger partial charge in [-0.15, -0.1) is 0 Å². The number of phenols is 1. The zero-order valence-corrected chi connectivity index (χ0v) is 20.5. The second kappa shape index (κ2) is 10.2. The first-order chi connectivity index (χ1) is 18.9. The summed E-state index contributed by atoms with van der Waals surface area (Å²) in [5.74, 6) is 0.946. The summed E-state index contributed by atoms with van der Waals surface area (Å²) in [7, 11) is 0. The van der Waals surface area contributed by atoms with Crippen molar-refractivity contribution in [3.05, 3.63) is 103 Å². The number of amides is 1. The highest BCUT2D eigenvalue weighted by atomic mass is 16.3. The van der Waals surface area contributed by atoms with E-state index in [9.17, 15) is 9.90 Å². The lowest BCUT2D eigenvalue weighted by atomic mass is 10.0. The molecule has 6 rings (SSSR count). The molecule has 0 radical (unpaired) electrons. The summed E-state index contributed by atoms with van der Waals surface area (Å²) in [6, 6.07) is 21.7. The SMILES string of the molecule is C=C1Nc2ccc(NC(=O)c3cc4ccccc4c(N)c3O)cc2N1.N#Cc1cnn(-c2ccccn2)c1N. The van der Waals surface area contributed by atoms with Gasteiger partial charge in [0.2, 0.25) is 0 Å². The Labute approximate surface area is 223 Å². The number of nitrogens with two attached hydrogens (primary N) is 2. The number of nitriles is 1. The molecule has 0 fully saturated rings. The molecular formula is C28H23N9O2. The number of hydrogen-bond acceptors (Lipinski definition) is 9. The Morgan fingerprint density at radius 3 is 2.56 bits per heavy atom. The highest BCUT2D eigenvalue weighted by Crippen LogP contribution is 2.35. The molecule has 39 heavy (non-hydrogen) atoms. The predicted octanol–water partition coefficient (Wildman–Crippen LogP) is 4.41. The Bertz CT molecular complexity index is 1770. The molecule has 0 unspecified atom stereocenters. The van der Waals surface area contributed by atoms with Crippen LogP contribution in [0.2, 0.25) is 0 Å². The minimum atomic E-state index is -0.431. The van der Waals surface area contributed by atoms with Gasteiger partial charge >= 0.3 is 0 Å². The van der Waals surface area contributed by atoms with Crippen LogP contribution in [-0.4, -0.2) is 25.8 Å². The minimum absolute atomic E-state index is 0.132. The van der Waals surface area contributed by atoms with E-state index >= 15 is 0 Å². The van der Waals surface area contributed by atoms with Crippen molar-refractivity contribution in [1.29, 1.82) is 5.26 Å². The molecule has 0 saturated carbocycles. The van der Waals surface area contributed by atoms with Crippen molar-refractivity contribution >= 4 is 45.2 Å². The maximum Gasteiger partial charge on any atom is 0.259 e. The Kier molecular flexibility index (Phi) is 6.42. The van der Waals surface area contributed by atoms with Crippen LogP contribution in [0.15, 0.2) is 91.5 Å². The molecule has 0 aliphatic carbocycles. The number of rotatable bonds is 3. The molecule has 3 aromatic carbocycles. The number of hydrogen-bond donors (Lipinski definition) is 6. The van der Waals surface area contributed by atoms with Gasteiger partial charge in [0.05, 0.1) is 28.8 Å². The summed E-state index contributed by atoms with van der Waals surface area (Å²) in [5, 5.41) is 33.4. The zero-order valence-electron chi connectivity index (χ0n) is 20.5. The number of aromatic nitrogens is 3. The summed E-state index contributed by atoms with van der Waals surface area (Å²) < 4.78 is 1.43. The van der Waals surface area contributed by atoms with Crippen LogP contribution in [0.25, 0.3) is 16.6 Å². The normalized spacial score (nSPS) is 11.4. The average molecular weight is 518 g/mol. The first kappa shape index (κ1) is 24.7. The number of aromatic hydroxyl groups is 1. The third-order valence-corrected chi connectivity index (χ3v) is 5.95. The second-order valence-corrected chi connectivity index (χ2v) is 8.51. The lowest BCUT2D eigenvalue weighted by Crippen LogP contribution is -2.13. The zero-order chi connectivity index (χ0) is 27.5. The van der Waals surface area contributed by atoms with Gasteiger partial charge in [0.1, 0.15) is 23.3 Å². The third kappa shape index (κ3) is 4.85. The number of nitrogens with zero attached hydrogens (tertiary/aromatic N) is 4. The molecule has 11 heteroatoms. The summed E-state index contributed by atoms with van der Waals surface area (Å²) in [6.07, 6.45) is 3.06. The fraction of sp³-hybridized carbons (Fsp3) is 0. The number of benzene rings is 3. The van der Waals surface area contributed by atoms with Crippen LogP contribution in [0.5, 0.6) is 5.75 Å². The molecule has 0 spiro atoms. The first-order valence-corrected chi connectivity index (χ1v) is 11.7. The average Bonchev–Trinajstić information content (AvgIpc) is 3.52. The lowest BCUT2D eigenvalue weighted by Gasteiger charge is -2.12. The number of fused-ring (bicyclic) bond motifs is 2. The van der Waals surface area contributed by atoms with Crippen LogP contribution < -0.4 is 27.4 Å². The molecule has 0 bridgehead atoms. The Hall–Kier alpha value is -6.02. The van der Waals surface area contributed by atoms with Crippen molar-refractivity contribution < 1.29 is 9.90 Å². The molecular weight excluding hydrogens is 494 g/mol. The predicted molar refractivity (Wildman–Crippen MR) is 151 cm³/mol. The molecule has 1 aliphatic heterocycles. The maximum absolute atomic E-state index is 12.6. The molecule has 3 heterocycles. The Morgan fingerprint density at radius 2 is 1.82 bits per heavy atom. The molecule has 11 nitrogen and oxygen atoms in total. The van der Waals surface area contributed by atoms with Crippen LogP contribution in [0.4, 0.5) is 28.6 Å². The molecule has 5 aromatic rings. The maximum atomic E-state index is 12.6. The highest BCUT2D eigenvalue weighted by molar-refractivity contribution is 6.12. The number of nitrogens with one attached hydrogen (secondary N) is 3. The molecule has 1 aliphatic rings. The van der Waals surface area contributed by atoms with Crippen LogP contribution in [0.3, 0.4) is 0 Å². The van der Waals surface area contributed by atoms with Crippen molar-refractivity contribution in [2.45, 2.75) is 0 Å². The van der Waals surface area contributed by atoms with Gasteiger partial charge in [-0.3, -0.25) is 4.79 Å². The summed E-state index contributed by atoms with van der Waals surface area (Å²) >= 11 is 0. The topological polar surface area (TPSA) is 180 Å². The second-order valence-electron chi connectivity index (χ2n) is 8.51. The van der Waals surface area contributed by atoms with E-state index in [4.69, 9.17) is 16.7 Å². The van der Waals surface area contributed by atoms with Gasteiger partial charge in [-0.2, -0.15) is 15.0 Å². The number of anilines is 5. The van der Waals surface area contributed by atoms with E-state index in [-0.39, 0.29) is 17.0 Å². The molecule has 2 aromatic heterocycles. The van der Waals surface area contributed by atoms with E-state index in [0.29, 0.717) is 34.1 Å². The van der Waals surface area contributed by atoms with Crippen molar-refractivity contribution in [2.24, 2.45) is 0 Å². The fourth-order valence-electron chi connectivity index (χ4n) is 4.03. The number of nitrogen functional groups attached to an aromatic ring is 2. The number of carbonyl (C=O) groups is 1. The number of pyridine rings is 1. The van der Waals surface area contributed by atoms with Gasteiger partial charge in [-0.1, -0.05) is 36.9 Å². The van der Waals surface area contributed by atoms with E-state index in [2.05, 4.69) is 32.6 Å². The Balaban J connectivity index is 0.000000186. The van der Waals surface area contributed by atoms with Crippen LogP contribution in [-0.2, 0) is 0 Å². The van der Waals surface area contributed by atoms with Crippen LogP contribution in [0.1, 0.15) is 15.9 Å². The standard InChI is InChI=1S/C19H16N4O2.C9H7N5/c1-10-21-15-7-6-12(9-16(15)22-10)23-19(25)14-8-11-4-2-3-5-13(11)17(20)18(14)24;10-5-7-6-13-14(9(7)11)8-3-1-2-4-12-8/h2-9,21-22,24H,1,20H2,(H,23,25);1-4,6H,11H2. The molecule has 0 saturated heterocycles. The summed E-state index contributed by atoms with van der Waals surface area (Å²) in [6.45, 7) is 3.80. The van der Waals surface area contributed by atoms with Gasteiger partial charge in [0.25, 0.3) is 5.91 Å². The third-order valence-electron chi connectivity index (χ3n) is 5.95. The van der Waals surface area contributed by atoms with Gasteiger partial charge in [0, 0.05) is 17.3 Å². The van der Waals surface area contributed by atoms with Gasteiger partial charge in [-0.05, 0) is 41.8 Å². The van der Waals surface area contributed by atoms with Crippen molar-refractivity contribution in [1.82, 2.24) is 14.8 Å². The van der Waals surface area contributed by atoms with Crippen molar-refractivity contribution in [3.8, 4) is 17.6 Å². The highest BCUT2D eigenvalue weighted by Gasteiger charge is 2.18. The molecule has 0 atom stereocenters. The Morgan fingerprint density at radius 1 is 1.05 bits per heavy atom. The van der Waals surface area contributed by atoms with E-state index in [1.807, 2.05) is 36.4 Å². The summed E-state index contributed by atoms with van der Waals surface area (Å²) in [4.78, 5) is 16.7.